The fourth-order valence-electron chi connectivity index (χ4n) is 2.83. The Bertz CT molecular complexity index is 1120. The molecule has 30 heavy (non-hydrogen) atoms. The summed E-state index contributed by atoms with van der Waals surface area (Å²) in [4.78, 5) is 13.7. The number of benzene rings is 2. The standard InChI is InChI=1S/C22H23ClO6S/c1-11(2)27-18-10-17-20(22(21(18)26-5)28-12(3)4)16(25)9-19(29-17)30-13-6-7-15(24)14(23)8-13/h6-12,24H,1-5H3. The number of hydrogen-bond donors (Lipinski definition) is 1. The summed E-state index contributed by atoms with van der Waals surface area (Å²) < 4.78 is 23.3. The van der Waals surface area contributed by atoms with Crippen LogP contribution < -0.4 is 19.6 Å². The summed E-state index contributed by atoms with van der Waals surface area (Å²) in [6.07, 6.45) is -0.310. The summed E-state index contributed by atoms with van der Waals surface area (Å²) in [5.74, 6) is 1.05. The number of aromatic hydroxyl groups is 1. The number of phenolic OH excluding ortho intramolecular Hbond substituents is 1. The van der Waals surface area contributed by atoms with Gasteiger partial charge in [-0.2, -0.15) is 0 Å². The molecule has 2 aromatic carbocycles. The lowest BCUT2D eigenvalue weighted by Crippen LogP contribution is -2.13. The molecule has 3 rings (SSSR count). The Morgan fingerprint density at radius 2 is 1.73 bits per heavy atom. The van der Waals surface area contributed by atoms with Crippen LogP contribution in [-0.4, -0.2) is 24.4 Å². The van der Waals surface area contributed by atoms with Crippen LogP contribution >= 0.6 is 23.4 Å². The molecule has 1 aromatic heterocycles. The highest BCUT2D eigenvalue weighted by atomic mass is 35.5. The van der Waals surface area contributed by atoms with Crippen LogP contribution in [0.25, 0.3) is 11.0 Å². The molecule has 6 nitrogen and oxygen atoms in total. The SMILES string of the molecule is COc1c(OC(C)C)cc2oc(Sc3ccc(O)c(Cl)c3)cc(=O)c2c1OC(C)C. The van der Waals surface area contributed by atoms with Gasteiger partial charge in [0.15, 0.2) is 22.0 Å². The van der Waals surface area contributed by atoms with Crippen LogP contribution in [0.1, 0.15) is 27.7 Å². The van der Waals surface area contributed by atoms with Crippen molar-refractivity contribution < 1.29 is 23.7 Å². The van der Waals surface area contributed by atoms with E-state index in [1.54, 1.807) is 18.2 Å². The number of fused-ring (bicyclic) bond motifs is 1. The molecule has 0 spiro atoms. The van der Waals surface area contributed by atoms with Crippen LogP contribution in [-0.2, 0) is 0 Å². The van der Waals surface area contributed by atoms with Crippen molar-refractivity contribution in [3.8, 4) is 23.0 Å². The lowest BCUT2D eigenvalue weighted by molar-refractivity contribution is 0.210. The molecule has 160 valence electrons. The molecule has 0 saturated carbocycles. The highest BCUT2D eigenvalue weighted by molar-refractivity contribution is 7.99. The largest absolute Gasteiger partial charge is 0.506 e. The molecular formula is C22H23ClO6S. The molecule has 0 amide bonds. The lowest BCUT2D eigenvalue weighted by atomic mass is 10.1. The van der Waals surface area contributed by atoms with Gasteiger partial charge in [0.1, 0.15) is 16.7 Å². The van der Waals surface area contributed by atoms with Crippen molar-refractivity contribution in [2.75, 3.05) is 7.11 Å². The highest BCUT2D eigenvalue weighted by Gasteiger charge is 2.23. The van der Waals surface area contributed by atoms with Gasteiger partial charge in [0.25, 0.3) is 0 Å². The van der Waals surface area contributed by atoms with E-state index in [4.69, 9.17) is 30.2 Å². The molecule has 1 N–H and O–H groups in total. The summed E-state index contributed by atoms with van der Waals surface area (Å²) in [6, 6.07) is 7.79. The normalized spacial score (nSPS) is 11.3. The molecule has 0 aliphatic heterocycles. The minimum Gasteiger partial charge on any atom is -0.506 e. The fourth-order valence-corrected chi connectivity index (χ4v) is 3.91. The van der Waals surface area contributed by atoms with Crippen LogP contribution in [0.3, 0.4) is 0 Å². The quantitative estimate of drug-likeness (QED) is 0.481. The minimum atomic E-state index is -0.270. The number of methoxy groups -OCH3 is 1. The Morgan fingerprint density at radius 1 is 1.03 bits per heavy atom. The molecule has 8 heteroatoms. The maximum Gasteiger partial charge on any atom is 0.204 e. The van der Waals surface area contributed by atoms with Crippen molar-refractivity contribution in [3.05, 3.63) is 45.6 Å². The number of ether oxygens (including phenoxy) is 3. The lowest BCUT2D eigenvalue weighted by Gasteiger charge is -2.20. The van der Waals surface area contributed by atoms with Gasteiger partial charge < -0.3 is 23.7 Å². The van der Waals surface area contributed by atoms with Crippen molar-refractivity contribution in [3.63, 3.8) is 0 Å². The van der Waals surface area contributed by atoms with Gasteiger partial charge in [-0.25, -0.2) is 0 Å². The molecule has 1 heterocycles. The van der Waals surface area contributed by atoms with Gasteiger partial charge in [-0.05, 0) is 45.9 Å². The van der Waals surface area contributed by atoms with Crippen LogP contribution in [0.4, 0.5) is 0 Å². The molecule has 0 aliphatic carbocycles. The van der Waals surface area contributed by atoms with E-state index in [1.165, 1.54) is 31.0 Å². The topological polar surface area (TPSA) is 78.1 Å². The van der Waals surface area contributed by atoms with Gasteiger partial charge in [-0.15, -0.1) is 0 Å². The average Bonchev–Trinajstić information content (AvgIpc) is 2.63. The van der Waals surface area contributed by atoms with Crippen LogP contribution in [0.5, 0.6) is 23.0 Å². The van der Waals surface area contributed by atoms with E-state index in [2.05, 4.69) is 0 Å². The fraction of sp³-hybridized carbons (Fsp3) is 0.318. The Morgan fingerprint density at radius 3 is 2.33 bits per heavy atom. The third-order valence-corrected chi connectivity index (χ3v) is 5.12. The molecule has 0 aliphatic rings. The van der Waals surface area contributed by atoms with Crippen molar-refractivity contribution in [2.24, 2.45) is 0 Å². The average molecular weight is 451 g/mol. The second-order valence-electron chi connectivity index (χ2n) is 7.09. The van der Waals surface area contributed by atoms with Gasteiger partial charge in [0, 0.05) is 17.0 Å². The van der Waals surface area contributed by atoms with E-state index >= 15 is 0 Å². The second-order valence-corrected chi connectivity index (χ2v) is 8.57. The number of halogens is 1. The number of phenols is 1. The van der Waals surface area contributed by atoms with Crippen molar-refractivity contribution >= 4 is 34.3 Å². The predicted octanol–water partition coefficient (Wildman–Crippen LogP) is 5.89. The third-order valence-electron chi connectivity index (χ3n) is 3.93. The van der Waals surface area contributed by atoms with E-state index < -0.39 is 0 Å². The zero-order chi connectivity index (χ0) is 22.0. The summed E-state index contributed by atoms with van der Waals surface area (Å²) in [5.41, 5.74) is 0.0515. The Kier molecular flexibility index (Phi) is 6.73. The Balaban J connectivity index is 2.18. The van der Waals surface area contributed by atoms with Crippen LogP contribution in [0.15, 0.2) is 49.5 Å². The van der Waals surface area contributed by atoms with Gasteiger partial charge in [0.2, 0.25) is 5.75 Å². The van der Waals surface area contributed by atoms with E-state index in [9.17, 15) is 9.90 Å². The molecule has 0 saturated heterocycles. The molecule has 0 atom stereocenters. The maximum absolute atomic E-state index is 13.0. The summed E-state index contributed by atoms with van der Waals surface area (Å²) >= 11 is 7.19. The zero-order valence-corrected chi connectivity index (χ0v) is 18.9. The van der Waals surface area contributed by atoms with Gasteiger partial charge in [-0.3, -0.25) is 4.79 Å². The van der Waals surface area contributed by atoms with Gasteiger partial charge in [-0.1, -0.05) is 23.4 Å². The second kappa shape index (κ2) is 9.10. The smallest absolute Gasteiger partial charge is 0.204 e. The van der Waals surface area contributed by atoms with Gasteiger partial charge in [0.05, 0.1) is 24.3 Å². The predicted molar refractivity (Wildman–Crippen MR) is 118 cm³/mol. The molecule has 0 fully saturated rings. The highest BCUT2D eigenvalue weighted by Crippen LogP contribution is 2.44. The van der Waals surface area contributed by atoms with Crippen molar-refractivity contribution in [2.45, 2.75) is 49.9 Å². The first-order valence-corrected chi connectivity index (χ1v) is 10.6. The number of hydrogen-bond acceptors (Lipinski definition) is 7. The first-order chi connectivity index (χ1) is 14.2. The Labute approximate surface area is 183 Å². The number of rotatable bonds is 7. The Hall–Kier alpha value is -2.51. The van der Waals surface area contributed by atoms with Crippen LogP contribution in [0, 0.1) is 0 Å². The summed E-state index contributed by atoms with van der Waals surface area (Å²) in [6.45, 7) is 7.51. The third kappa shape index (κ3) is 4.79. The zero-order valence-electron chi connectivity index (χ0n) is 17.3. The van der Waals surface area contributed by atoms with Crippen LogP contribution in [0.2, 0.25) is 5.02 Å². The van der Waals surface area contributed by atoms with E-state index in [0.717, 1.165) is 0 Å². The first kappa shape index (κ1) is 22.2. The molecule has 0 radical (unpaired) electrons. The molecule has 3 aromatic rings. The molecule has 0 bridgehead atoms. The van der Waals surface area contributed by atoms with E-state index in [1.807, 2.05) is 27.7 Å². The summed E-state index contributed by atoms with van der Waals surface area (Å²) in [7, 11) is 1.50. The minimum absolute atomic E-state index is 0.0148. The molecule has 0 unspecified atom stereocenters. The summed E-state index contributed by atoms with van der Waals surface area (Å²) in [5, 5.41) is 10.5. The van der Waals surface area contributed by atoms with Gasteiger partial charge >= 0.3 is 0 Å². The van der Waals surface area contributed by atoms with Crippen molar-refractivity contribution in [1.82, 2.24) is 0 Å². The monoisotopic (exact) mass is 450 g/mol. The molecular weight excluding hydrogens is 428 g/mol. The maximum atomic E-state index is 13.0. The van der Waals surface area contributed by atoms with E-state index in [0.29, 0.717) is 32.8 Å². The first-order valence-electron chi connectivity index (χ1n) is 9.38. The van der Waals surface area contributed by atoms with Crippen molar-refractivity contribution in [1.29, 1.82) is 0 Å². The van der Waals surface area contributed by atoms with E-state index in [-0.39, 0.29) is 33.8 Å².